The first kappa shape index (κ1) is 17.4. The molecule has 120 valence electrons. The molecular weight excluding hydrogens is 386 g/mol. The number of Topliss-reactive ketones (excluding diaryl/α,β-unsaturated/α-hetero) is 1. The first-order valence-electron chi connectivity index (χ1n) is 6.49. The summed E-state index contributed by atoms with van der Waals surface area (Å²) < 4.78 is 0.861. The zero-order chi connectivity index (χ0) is 17.0. The van der Waals surface area contributed by atoms with Gasteiger partial charge in [0.05, 0.1) is 5.75 Å². The van der Waals surface area contributed by atoms with Crippen molar-refractivity contribution in [2.75, 3.05) is 5.75 Å². The van der Waals surface area contributed by atoms with Crippen LogP contribution in [0.15, 0.2) is 33.7 Å². The fourth-order valence-corrected chi connectivity index (χ4v) is 2.76. The average Bonchev–Trinajstić information content (AvgIpc) is 2.49. The van der Waals surface area contributed by atoms with Crippen molar-refractivity contribution >= 4 is 56.4 Å². The van der Waals surface area contributed by atoms with Crippen LogP contribution < -0.4 is 10.6 Å². The van der Waals surface area contributed by atoms with Crippen molar-refractivity contribution in [1.82, 2.24) is 10.6 Å². The lowest BCUT2D eigenvalue weighted by molar-refractivity contribution is -0.134. The zero-order valence-corrected chi connectivity index (χ0v) is 14.4. The Morgan fingerprint density at radius 3 is 2.52 bits per heavy atom. The maximum atomic E-state index is 12.0. The number of carbonyl (C=O) groups is 4. The Labute approximate surface area is 144 Å². The molecule has 0 radical (unpaired) electrons. The van der Waals surface area contributed by atoms with E-state index in [9.17, 15) is 19.2 Å². The van der Waals surface area contributed by atoms with Crippen LogP contribution in [0.25, 0.3) is 0 Å². The normalized spacial score (nSPS) is 17.3. The molecule has 0 saturated heterocycles. The van der Waals surface area contributed by atoms with Gasteiger partial charge in [-0.15, -0.1) is 0 Å². The highest BCUT2D eigenvalue weighted by Crippen LogP contribution is 2.14. The van der Waals surface area contributed by atoms with Crippen molar-refractivity contribution in [2.24, 2.45) is 4.99 Å². The van der Waals surface area contributed by atoms with Crippen molar-refractivity contribution in [3.8, 4) is 0 Å². The number of ketones is 1. The molecule has 23 heavy (non-hydrogen) atoms. The Morgan fingerprint density at radius 1 is 1.30 bits per heavy atom. The third-order valence-electron chi connectivity index (χ3n) is 2.80. The number of aliphatic imine (C=N–C) groups is 1. The summed E-state index contributed by atoms with van der Waals surface area (Å²) in [5, 5.41) is 4.65. The van der Waals surface area contributed by atoms with Gasteiger partial charge in [0, 0.05) is 17.0 Å². The van der Waals surface area contributed by atoms with Gasteiger partial charge >= 0.3 is 0 Å². The predicted octanol–water partition coefficient (Wildman–Crippen LogP) is 0.882. The Morgan fingerprint density at radius 2 is 1.96 bits per heavy atom. The number of carbonyl (C=O) groups excluding carboxylic acids is 4. The Hall–Kier alpha value is -2.00. The molecule has 1 atom stereocenters. The molecule has 3 amide bonds. The number of amides is 3. The highest BCUT2D eigenvalue weighted by molar-refractivity contribution is 9.10. The first-order chi connectivity index (χ1) is 10.9. The average molecular weight is 398 g/mol. The summed E-state index contributed by atoms with van der Waals surface area (Å²) in [4.78, 5) is 50.2. The van der Waals surface area contributed by atoms with E-state index in [1.807, 2.05) is 0 Å². The molecule has 0 bridgehead atoms. The highest BCUT2D eigenvalue weighted by atomic mass is 79.9. The van der Waals surface area contributed by atoms with Crippen molar-refractivity contribution < 1.29 is 19.2 Å². The van der Waals surface area contributed by atoms with E-state index in [1.54, 1.807) is 24.3 Å². The van der Waals surface area contributed by atoms with Crippen molar-refractivity contribution in [3.05, 3.63) is 34.3 Å². The summed E-state index contributed by atoms with van der Waals surface area (Å²) >= 11 is 4.24. The molecule has 1 heterocycles. The van der Waals surface area contributed by atoms with Gasteiger partial charge in [0.1, 0.15) is 0 Å². The summed E-state index contributed by atoms with van der Waals surface area (Å²) in [5.41, 5.74) is 0.519. The van der Waals surface area contributed by atoms with Gasteiger partial charge in [-0.05, 0) is 12.1 Å². The Balaban J connectivity index is 1.97. The minimum absolute atomic E-state index is 0.0266. The van der Waals surface area contributed by atoms with Crippen molar-refractivity contribution in [1.29, 1.82) is 0 Å². The molecule has 2 rings (SSSR count). The third kappa shape index (κ3) is 4.73. The van der Waals surface area contributed by atoms with E-state index in [1.165, 1.54) is 6.92 Å². The van der Waals surface area contributed by atoms with E-state index in [-0.39, 0.29) is 16.7 Å². The number of hydrogen-bond donors (Lipinski definition) is 2. The fraction of sp³-hybridized carbons (Fsp3) is 0.214. The van der Waals surface area contributed by atoms with Gasteiger partial charge < -0.3 is 10.6 Å². The monoisotopic (exact) mass is 397 g/mol. The van der Waals surface area contributed by atoms with Crippen LogP contribution in [0.2, 0.25) is 0 Å². The van der Waals surface area contributed by atoms with Crippen LogP contribution in [-0.2, 0) is 14.4 Å². The molecule has 1 aliphatic heterocycles. The largest absolute Gasteiger partial charge is 0.337 e. The smallest absolute Gasteiger partial charge is 0.280 e. The van der Waals surface area contributed by atoms with Gasteiger partial charge in [-0.3, -0.25) is 19.2 Å². The van der Waals surface area contributed by atoms with Gasteiger partial charge in [0.25, 0.3) is 11.8 Å². The van der Waals surface area contributed by atoms with Gasteiger partial charge in [0.2, 0.25) is 5.91 Å². The quantitative estimate of drug-likeness (QED) is 0.579. The van der Waals surface area contributed by atoms with Gasteiger partial charge in [0.15, 0.2) is 17.0 Å². The molecule has 0 unspecified atom stereocenters. The lowest BCUT2D eigenvalue weighted by Crippen LogP contribution is -2.54. The standard InChI is InChI=1S/C14H12BrN3O4S/c1-7(19)16-11-12(21)17-14(18-13(11)22)23-6-10(20)8-2-4-9(15)5-3-8/h2-5,11H,6H2,1H3,(H,16,19)(H,17,18,21,22). The van der Waals surface area contributed by atoms with Crippen LogP contribution in [-0.4, -0.2) is 40.5 Å². The zero-order valence-electron chi connectivity index (χ0n) is 12.0. The summed E-state index contributed by atoms with van der Waals surface area (Å²) in [6.45, 7) is 1.20. The number of rotatable bonds is 4. The molecule has 9 heteroatoms. The maximum absolute atomic E-state index is 12.0. The van der Waals surface area contributed by atoms with E-state index in [2.05, 4.69) is 31.6 Å². The number of thioether (sulfide) groups is 1. The van der Waals surface area contributed by atoms with Crippen LogP contribution in [0, 0.1) is 0 Å². The highest BCUT2D eigenvalue weighted by Gasteiger charge is 2.32. The molecule has 1 aliphatic rings. The number of halogens is 1. The minimum atomic E-state index is -1.32. The first-order valence-corrected chi connectivity index (χ1v) is 8.27. The van der Waals surface area contributed by atoms with Gasteiger partial charge in [-0.25, -0.2) is 0 Å². The second kappa shape index (κ2) is 7.51. The van der Waals surface area contributed by atoms with E-state index >= 15 is 0 Å². The third-order valence-corrected chi connectivity index (χ3v) is 4.21. The van der Waals surface area contributed by atoms with E-state index in [0.717, 1.165) is 16.2 Å². The molecular formula is C14H12BrN3O4S. The molecule has 0 fully saturated rings. The van der Waals surface area contributed by atoms with Gasteiger partial charge in [-0.1, -0.05) is 39.8 Å². The molecule has 1 aromatic carbocycles. The molecule has 1 aromatic rings. The number of amidine groups is 1. The molecule has 7 nitrogen and oxygen atoms in total. The van der Waals surface area contributed by atoms with Crippen molar-refractivity contribution in [3.63, 3.8) is 0 Å². The number of hydrogen-bond acceptors (Lipinski definition) is 5. The second-order valence-corrected chi connectivity index (χ2v) is 6.48. The summed E-state index contributed by atoms with van der Waals surface area (Å²) in [6.07, 6.45) is 0. The van der Waals surface area contributed by atoms with E-state index < -0.39 is 23.8 Å². The minimum Gasteiger partial charge on any atom is -0.337 e. The Kier molecular flexibility index (Phi) is 5.67. The number of nitrogens with one attached hydrogen (secondary N) is 2. The maximum Gasteiger partial charge on any atom is 0.280 e. The van der Waals surface area contributed by atoms with Crippen LogP contribution in [0.4, 0.5) is 0 Å². The summed E-state index contributed by atoms with van der Waals surface area (Å²) in [5.74, 6) is -2.06. The number of nitrogens with zero attached hydrogens (tertiary/aromatic N) is 1. The second-order valence-electron chi connectivity index (χ2n) is 4.60. The summed E-state index contributed by atoms with van der Waals surface area (Å²) in [7, 11) is 0. The van der Waals surface area contributed by atoms with E-state index in [0.29, 0.717) is 5.56 Å². The lowest BCUT2D eigenvalue weighted by atomic mass is 10.2. The molecule has 0 aliphatic carbocycles. The topological polar surface area (TPSA) is 105 Å². The molecule has 2 N–H and O–H groups in total. The fourth-order valence-electron chi connectivity index (χ4n) is 1.73. The Bertz CT molecular complexity index is 702. The lowest BCUT2D eigenvalue weighted by Gasteiger charge is -2.19. The van der Waals surface area contributed by atoms with Crippen LogP contribution in [0.1, 0.15) is 17.3 Å². The number of benzene rings is 1. The predicted molar refractivity (Wildman–Crippen MR) is 89.1 cm³/mol. The van der Waals surface area contributed by atoms with Crippen LogP contribution in [0.5, 0.6) is 0 Å². The van der Waals surface area contributed by atoms with Crippen molar-refractivity contribution in [2.45, 2.75) is 13.0 Å². The molecule has 0 aromatic heterocycles. The summed E-state index contributed by atoms with van der Waals surface area (Å²) in [6, 6.07) is 5.52. The van der Waals surface area contributed by atoms with Crippen LogP contribution >= 0.6 is 27.7 Å². The van der Waals surface area contributed by atoms with E-state index in [4.69, 9.17) is 0 Å². The SMILES string of the molecule is CC(=O)N[C@H]1C(=O)N=C(SCC(=O)c2ccc(Br)cc2)NC1=O. The molecule has 0 saturated carbocycles. The van der Waals surface area contributed by atoms with Crippen LogP contribution in [0.3, 0.4) is 0 Å². The molecule has 0 spiro atoms. The van der Waals surface area contributed by atoms with Gasteiger partial charge in [-0.2, -0.15) is 4.99 Å².